The van der Waals surface area contributed by atoms with Crippen molar-refractivity contribution in [3.05, 3.63) is 135 Å². The number of hydrogen-bond acceptors (Lipinski definition) is 8. The number of halogens is 5. The average molecular weight is 845 g/mol. The number of benzene rings is 3. The molecule has 5 aliphatic rings. The fourth-order valence-corrected chi connectivity index (χ4v) is 10.8. The lowest BCUT2D eigenvalue weighted by Crippen LogP contribution is -2.53. The molecule has 4 aromatic rings. The number of phenols is 1. The minimum absolute atomic E-state index is 0.00421. The molecule has 59 heavy (non-hydrogen) atoms. The number of alkyl halides is 3. The third kappa shape index (κ3) is 6.49. The number of nitrogens with zero attached hydrogens (tertiary/aromatic N) is 4. The van der Waals surface area contributed by atoms with Gasteiger partial charge in [-0.2, -0.15) is 18.2 Å². The van der Waals surface area contributed by atoms with E-state index < -0.39 is 63.6 Å². The molecule has 6 atom stereocenters. The van der Waals surface area contributed by atoms with Crippen LogP contribution in [0.1, 0.15) is 53.9 Å². The standard InChI is InChI=1S/C44H38Cl2F3N5O5/c45-28-11-9-26(10-12-28)43-34(40(57)54(42(43)59)51-38-35(46)20-27(22-50-38)44(47,48)49)21-33-31(37(43)25-7-4-8-30(55)19-25)13-14-32-36(33)41(58)53(39(32)56)29-15-17-52(18-16-29)23-24-5-2-1-3-6-24/h1-13,19-20,22,29,32-34,36-37,55H,14-18,21,23H2,(H,50,51)/t32-,33+,34-,36-,37-,43+/m0/s1. The van der Waals surface area contributed by atoms with Crippen molar-refractivity contribution in [2.75, 3.05) is 18.5 Å². The van der Waals surface area contributed by atoms with Crippen LogP contribution in [0.15, 0.2) is 103 Å². The van der Waals surface area contributed by atoms with Gasteiger partial charge in [-0.15, -0.1) is 0 Å². The molecule has 0 radical (unpaired) electrons. The van der Waals surface area contributed by atoms with Gasteiger partial charge in [0.1, 0.15) is 5.75 Å². The fraction of sp³-hybridized carbons (Fsp3) is 0.341. The topological polar surface area (TPSA) is 123 Å². The Balaban J connectivity index is 1.10. The van der Waals surface area contributed by atoms with Gasteiger partial charge in [0.05, 0.1) is 33.8 Å². The third-order valence-electron chi connectivity index (χ3n) is 13.0. The predicted octanol–water partition coefficient (Wildman–Crippen LogP) is 7.76. The number of hydrogen-bond donors (Lipinski definition) is 2. The van der Waals surface area contributed by atoms with E-state index in [-0.39, 0.29) is 42.3 Å². The van der Waals surface area contributed by atoms with E-state index in [4.69, 9.17) is 23.2 Å². The zero-order valence-corrected chi connectivity index (χ0v) is 32.9. The summed E-state index contributed by atoms with van der Waals surface area (Å²) in [5.74, 6) is -6.61. The number of amides is 4. The number of nitrogens with one attached hydrogen (secondary N) is 1. The van der Waals surface area contributed by atoms with Crippen LogP contribution in [0.4, 0.5) is 19.0 Å². The Labute approximate surface area is 347 Å². The van der Waals surface area contributed by atoms with Crippen LogP contribution >= 0.6 is 23.2 Å². The Bertz CT molecular complexity index is 2390. The van der Waals surface area contributed by atoms with Crippen LogP contribution in [0, 0.1) is 23.7 Å². The van der Waals surface area contributed by atoms with E-state index in [2.05, 4.69) is 27.4 Å². The third-order valence-corrected chi connectivity index (χ3v) is 13.5. The van der Waals surface area contributed by atoms with Gasteiger partial charge in [0, 0.05) is 42.8 Å². The van der Waals surface area contributed by atoms with E-state index in [9.17, 15) is 32.7 Å². The quantitative estimate of drug-likeness (QED) is 0.143. The van der Waals surface area contributed by atoms with Crippen molar-refractivity contribution < 1.29 is 37.5 Å². The highest BCUT2D eigenvalue weighted by Crippen LogP contribution is 2.64. The van der Waals surface area contributed by atoms with E-state index in [0.717, 1.165) is 11.6 Å². The normalized spacial score (nSPS) is 27.4. The van der Waals surface area contributed by atoms with Gasteiger partial charge in [-0.05, 0) is 78.6 Å². The Kier molecular flexibility index (Phi) is 9.83. The Hall–Kier alpha value is -5.24. The highest BCUT2D eigenvalue weighted by molar-refractivity contribution is 6.33. The summed E-state index contributed by atoms with van der Waals surface area (Å²) in [5.41, 5.74) is 2.62. The molecule has 9 rings (SSSR count). The summed E-state index contributed by atoms with van der Waals surface area (Å²) in [6.07, 6.45) is -0.785. The molecule has 0 unspecified atom stereocenters. The molecular formula is C44H38Cl2F3N5O5. The second-order valence-corrected chi connectivity index (χ2v) is 16.9. The Morgan fingerprint density at radius 1 is 0.864 bits per heavy atom. The van der Waals surface area contributed by atoms with Gasteiger partial charge in [-0.1, -0.05) is 89.4 Å². The lowest BCUT2D eigenvalue weighted by Gasteiger charge is -2.50. The minimum atomic E-state index is -4.74. The van der Waals surface area contributed by atoms with E-state index in [0.29, 0.717) is 59.9 Å². The molecule has 2 aliphatic carbocycles. The van der Waals surface area contributed by atoms with Crippen LogP contribution in [0.3, 0.4) is 0 Å². The second-order valence-electron chi connectivity index (χ2n) is 16.1. The van der Waals surface area contributed by atoms with Crippen molar-refractivity contribution in [2.45, 2.75) is 55.8 Å². The monoisotopic (exact) mass is 843 g/mol. The predicted molar refractivity (Wildman–Crippen MR) is 212 cm³/mol. The molecule has 3 aromatic carbocycles. The minimum Gasteiger partial charge on any atom is -0.508 e. The molecule has 1 saturated carbocycles. The first-order valence-corrected chi connectivity index (χ1v) is 20.3. The number of piperidine rings is 1. The lowest BCUT2D eigenvalue weighted by molar-refractivity contribution is -0.144. The van der Waals surface area contributed by atoms with Gasteiger partial charge in [-0.25, -0.2) is 4.98 Å². The highest BCUT2D eigenvalue weighted by atomic mass is 35.5. The highest BCUT2D eigenvalue weighted by Gasteiger charge is 2.70. The molecule has 3 saturated heterocycles. The molecule has 2 N–H and O–H groups in total. The van der Waals surface area contributed by atoms with Gasteiger partial charge >= 0.3 is 6.18 Å². The summed E-state index contributed by atoms with van der Waals surface area (Å²) in [6.45, 7) is 2.19. The van der Waals surface area contributed by atoms with E-state index >= 15 is 4.79 Å². The van der Waals surface area contributed by atoms with Crippen molar-refractivity contribution in [3.8, 4) is 5.75 Å². The van der Waals surface area contributed by atoms with Crippen molar-refractivity contribution in [1.82, 2.24) is 19.8 Å². The number of likely N-dealkylation sites (tertiary alicyclic amines) is 2. The summed E-state index contributed by atoms with van der Waals surface area (Å²) in [6, 6.07) is 23.4. The zero-order valence-electron chi connectivity index (χ0n) is 31.4. The molecule has 4 fully saturated rings. The Morgan fingerprint density at radius 2 is 1.59 bits per heavy atom. The maximum absolute atomic E-state index is 15.3. The molecule has 0 bridgehead atoms. The number of aromatic hydroxyl groups is 1. The Morgan fingerprint density at radius 3 is 2.27 bits per heavy atom. The first-order valence-electron chi connectivity index (χ1n) is 19.5. The molecule has 10 nitrogen and oxygen atoms in total. The molecule has 4 heterocycles. The smallest absolute Gasteiger partial charge is 0.417 e. The van der Waals surface area contributed by atoms with Crippen LogP contribution in [-0.4, -0.2) is 67.7 Å². The maximum atomic E-state index is 15.3. The molecule has 0 spiro atoms. The van der Waals surface area contributed by atoms with Crippen molar-refractivity contribution in [2.24, 2.45) is 23.7 Å². The largest absolute Gasteiger partial charge is 0.508 e. The van der Waals surface area contributed by atoms with Gasteiger partial charge in [0.2, 0.25) is 11.8 Å². The molecule has 4 amide bonds. The van der Waals surface area contributed by atoms with Crippen LogP contribution in [0.2, 0.25) is 10.0 Å². The van der Waals surface area contributed by atoms with Crippen molar-refractivity contribution >= 4 is 52.6 Å². The van der Waals surface area contributed by atoms with E-state index in [1.807, 2.05) is 24.3 Å². The maximum Gasteiger partial charge on any atom is 0.417 e. The summed E-state index contributed by atoms with van der Waals surface area (Å²) in [7, 11) is 0. The van der Waals surface area contributed by atoms with Crippen LogP contribution in [0.5, 0.6) is 5.75 Å². The average Bonchev–Trinajstić information content (AvgIpc) is 3.59. The second kappa shape index (κ2) is 14.8. The first kappa shape index (κ1) is 39.2. The molecular weight excluding hydrogens is 806 g/mol. The summed E-state index contributed by atoms with van der Waals surface area (Å²) < 4.78 is 40.6. The number of pyridine rings is 1. The number of anilines is 1. The van der Waals surface area contributed by atoms with Crippen LogP contribution in [0.25, 0.3) is 0 Å². The number of allylic oxidation sites excluding steroid dienone is 2. The molecule has 3 aliphatic heterocycles. The number of hydrazine groups is 1. The van der Waals surface area contributed by atoms with Crippen LogP contribution < -0.4 is 5.43 Å². The van der Waals surface area contributed by atoms with E-state index in [1.54, 1.807) is 36.4 Å². The molecule has 15 heteroatoms. The van der Waals surface area contributed by atoms with E-state index in [1.165, 1.54) is 22.6 Å². The number of carbonyl (C=O) groups is 4. The van der Waals surface area contributed by atoms with Gasteiger partial charge in [0.15, 0.2) is 5.82 Å². The number of rotatable bonds is 7. The first-order chi connectivity index (χ1) is 28.3. The molecule has 1 aromatic heterocycles. The van der Waals surface area contributed by atoms with Gasteiger partial charge in [0.25, 0.3) is 11.8 Å². The van der Waals surface area contributed by atoms with Crippen molar-refractivity contribution in [3.63, 3.8) is 0 Å². The number of phenolic OH excluding ortho intramolecular Hbond substituents is 1. The van der Waals surface area contributed by atoms with Gasteiger partial charge in [-0.3, -0.25) is 34.4 Å². The fourth-order valence-electron chi connectivity index (χ4n) is 10.4. The van der Waals surface area contributed by atoms with Crippen LogP contribution in [-0.2, 0) is 37.3 Å². The zero-order chi connectivity index (χ0) is 41.4. The number of imide groups is 2. The van der Waals surface area contributed by atoms with Gasteiger partial charge < -0.3 is 5.11 Å². The summed E-state index contributed by atoms with van der Waals surface area (Å²) >= 11 is 12.6. The summed E-state index contributed by atoms with van der Waals surface area (Å²) in [4.78, 5) is 66.9. The van der Waals surface area contributed by atoms with Crippen molar-refractivity contribution in [1.29, 1.82) is 0 Å². The molecule has 304 valence electrons. The lowest BCUT2D eigenvalue weighted by atomic mass is 9.49. The summed E-state index contributed by atoms with van der Waals surface area (Å²) in [5, 5.41) is 11.5. The SMILES string of the molecule is O=C1[C@@H]2C[C@@H]3C(=CC[C@@H]4C(=O)N(C5CCN(Cc6ccccc6)CC5)C(=O)[C@@H]43)[C@H](c3cccc(O)c3)[C@]2(c2ccc(Cl)cc2)C(=O)N1Nc1ncc(C(F)(F)F)cc1Cl. The number of carbonyl (C=O) groups excluding carboxylic acids is 4. The number of aromatic nitrogens is 1. The number of fused-ring (bicyclic) bond motifs is 4.